The average Bonchev–Trinajstić information content (AvgIpc) is 2.33. The van der Waals surface area contributed by atoms with Crippen LogP contribution in [0.15, 0.2) is 30.3 Å². The molecule has 0 aromatic heterocycles. The number of rotatable bonds is 5. The summed E-state index contributed by atoms with van der Waals surface area (Å²) >= 11 is 0. The zero-order valence-electron chi connectivity index (χ0n) is 12.1. The van der Waals surface area contributed by atoms with E-state index in [4.69, 9.17) is 4.74 Å². The molecule has 0 N–H and O–H groups in total. The van der Waals surface area contributed by atoms with Gasteiger partial charge >= 0.3 is 6.09 Å². The third-order valence-electron chi connectivity index (χ3n) is 2.45. The van der Waals surface area contributed by atoms with Crippen LogP contribution >= 0.6 is 0 Å². The van der Waals surface area contributed by atoms with Crippen LogP contribution in [-0.2, 0) is 16.1 Å². The highest BCUT2D eigenvalue weighted by Crippen LogP contribution is 2.13. The maximum Gasteiger partial charge on any atom is 0.410 e. The predicted octanol–water partition coefficient (Wildman–Crippen LogP) is 1.56. The second kappa shape index (κ2) is 6.93. The first-order valence-electron chi connectivity index (χ1n) is 6.49. The van der Waals surface area contributed by atoms with Crippen molar-refractivity contribution in [2.75, 3.05) is 6.54 Å². The van der Waals surface area contributed by atoms with Gasteiger partial charge in [0.05, 0.1) is 0 Å². The van der Waals surface area contributed by atoms with E-state index in [9.17, 15) is 14.7 Å². The molecule has 0 aliphatic carbocycles. The minimum atomic E-state index is -1.19. The first kappa shape index (κ1) is 16.0. The standard InChI is InChI=1S/C15H21NO4/c1-15(2,3)20-14(19)16(10-9-13(17)18)11-12-7-5-4-6-8-12/h4-8H,9-11H2,1-3H3,(H,17,18)/p-1. The van der Waals surface area contributed by atoms with Gasteiger partial charge in [-0.25, -0.2) is 4.79 Å². The molecule has 20 heavy (non-hydrogen) atoms. The van der Waals surface area contributed by atoms with Gasteiger partial charge < -0.3 is 19.5 Å². The van der Waals surface area contributed by atoms with Gasteiger partial charge in [-0.1, -0.05) is 30.3 Å². The molecule has 0 bridgehead atoms. The Morgan fingerprint density at radius 1 is 1.20 bits per heavy atom. The Labute approximate surface area is 119 Å². The molecule has 0 spiro atoms. The van der Waals surface area contributed by atoms with Crippen LogP contribution in [0.4, 0.5) is 4.79 Å². The lowest BCUT2D eigenvalue weighted by molar-refractivity contribution is -0.305. The summed E-state index contributed by atoms with van der Waals surface area (Å²) < 4.78 is 5.28. The molecule has 1 amide bonds. The molecule has 1 aromatic carbocycles. The fourth-order valence-electron chi connectivity index (χ4n) is 1.59. The van der Waals surface area contributed by atoms with E-state index in [0.717, 1.165) is 5.56 Å². The molecule has 0 heterocycles. The number of hydrogen-bond acceptors (Lipinski definition) is 4. The summed E-state index contributed by atoms with van der Waals surface area (Å²) in [5.41, 5.74) is 0.296. The van der Waals surface area contributed by atoms with Crippen LogP contribution < -0.4 is 5.11 Å². The number of amides is 1. The summed E-state index contributed by atoms with van der Waals surface area (Å²) in [7, 11) is 0. The van der Waals surface area contributed by atoms with Crippen molar-refractivity contribution < 1.29 is 19.4 Å². The summed E-state index contributed by atoms with van der Waals surface area (Å²) in [5, 5.41) is 10.6. The van der Waals surface area contributed by atoms with Crippen molar-refractivity contribution in [3.05, 3.63) is 35.9 Å². The fourth-order valence-corrected chi connectivity index (χ4v) is 1.59. The summed E-state index contributed by atoms with van der Waals surface area (Å²) in [6.07, 6.45) is -0.742. The molecule has 0 aliphatic rings. The highest BCUT2D eigenvalue weighted by molar-refractivity contribution is 5.70. The number of carboxylic acid groups (broad SMARTS) is 1. The van der Waals surface area contributed by atoms with E-state index in [1.165, 1.54) is 4.90 Å². The van der Waals surface area contributed by atoms with Gasteiger partial charge in [-0.05, 0) is 26.3 Å². The summed E-state index contributed by atoms with van der Waals surface area (Å²) in [6.45, 7) is 5.67. The Morgan fingerprint density at radius 3 is 2.30 bits per heavy atom. The van der Waals surface area contributed by atoms with E-state index in [1.807, 2.05) is 30.3 Å². The van der Waals surface area contributed by atoms with Gasteiger partial charge in [-0.2, -0.15) is 0 Å². The van der Waals surface area contributed by atoms with E-state index in [1.54, 1.807) is 20.8 Å². The molecule has 1 rings (SSSR count). The molecule has 5 heteroatoms. The van der Waals surface area contributed by atoms with Crippen molar-refractivity contribution in [1.82, 2.24) is 4.90 Å². The Morgan fingerprint density at radius 2 is 1.80 bits per heavy atom. The molecule has 5 nitrogen and oxygen atoms in total. The van der Waals surface area contributed by atoms with E-state index < -0.39 is 17.7 Å². The number of carbonyl (C=O) groups is 2. The number of hydrogen-bond donors (Lipinski definition) is 0. The van der Waals surface area contributed by atoms with Crippen LogP contribution in [0.25, 0.3) is 0 Å². The van der Waals surface area contributed by atoms with Gasteiger partial charge in [0.15, 0.2) is 0 Å². The van der Waals surface area contributed by atoms with E-state index >= 15 is 0 Å². The van der Waals surface area contributed by atoms with Gasteiger partial charge in [0.1, 0.15) is 5.60 Å². The number of aliphatic carboxylic acids is 1. The zero-order valence-corrected chi connectivity index (χ0v) is 12.1. The van der Waals surface area contributed by atoms with Gasteiger partial charge in [0.25, 0.3) is 0 Å². The molecular weight excluding hydrogens is 258 g/mol. The highest BCUT2D eigenvalue weighted by Gasteiger charge is 2.22. The summed E-state index contributed by atoms with van der Waals surface area (Å²) in [4.78, 5) is 24.0. The Hall–Kier alpha value is -2.04. The molecule has 0 unspecified atom stereocenters. The van der Waals surface area contributed by atoms with E-state index in [0.29, 0.717) is 6.54 Å². The summed E-state index contributed by atoms with van der Waals surface area (Å²) in [6, 6.07) is 9.35. The monoisotopic (exact) mass is 278 g/mol. The second-order valence-electron chi connectivity index (χ2n) is 5.51. The number of nitrogens with zero attached hydrogens (tertiary/aromatic N) is 1. The number of carboxylic acids is 1. The minimum absolute atomic E-state index is 0.0616. The quantitative estimate of drug-likeness (QED) is 0.819. The number of carbonyl (C=O) groups excluding carboxylic acids is 2. The molecule has 110 valence electrons. The summed E-state index contributed by atoms with van der Waals surface area (Å²) in [5.74, 6) is -1.19. The van der Waals surface area contributed by atoms with E-state index in [-0.39, 0.29) is 13.0 Å². The second-order valence-corrected chi connectivity index (χ2v) is 5.51. The predicted molar refractivity (Wildman–Crippen MR) is 72.7 cm³/mol. The van der Waals surface area contributed by atoms with Crippen LogP contribution in [0.5, 0.6) is 0 Å². The van der Waals surface area contributed by atoms with Gasteiger partial charge in [0.2, 0.25) is 0 Å². The Balaban J connectivity index is 2.74. The van der Waals surface area contributed by atoms with Crippen molar-refractivity contribution in [1.29, 1.82) is 0 Å². The molecule has 0 aliphatic heterocycles. The van der Waals surface area contributed by atoms with Crippen molar-refractivity contribution >= 4 is 12.1 Å². The van der Waals surface area contributed by atoms with Crippen LogP contribution in [-0.4, -0.2) is 29.1 Å². The Kier molecular flexibility index (Phi) is 5.55. The lowest BCUT2D eigenvalue weighted by Gasteiger charge is -2.27. The third kappa shape index (κ3) is 6.22. The van der Waals surface area contributed by atoms with Crippen molar-refractivity contribution in [3.8, 4) is 0 Å². The maximum absolute atomic E-state index is 12.1. The SMILES string of the molecule is CC(C)(C)OC(=O)N(CCC(=O)[O-])Cc1ccccc1. The molecule has 0 saturated heterocycles. The van der Waals surface area contributed by atoms with Gasteiger partial charge in [0, 0.05) is 25.5 Å². The molecular formula is C15H20NO4-. The van der Waals surface area contributed by atoms with Crippen LogP contribution in [0.3, 0.4) is 0 Å². The lowest BCUT2D eigenvalue weighted by atomic mass is 10.2. The first-order chi connectivity index (χ1) is 9.28. The fraction of sp³-hybridized carbons (Fsp3) is 0.467. The van der Waals surface area contributed by atoms with E-state index in [2.05, 4.69) is 0 Å². The molecule has 0 fully saturated rings. The molecule has 0 atom stereocenters. The molecule has 1 aromatic rings. The Bertz CT molecular complexity index is 451. The third-order valence-corrected chi connectivity index (χ3v) is 2.45. The number of benzene rings is 1. The van der Waals surface area contributed by atoms with Gasteiger partial charge in [-0.3, -0.25) is 0 Å². The van der Waals surface area contributed by atoms with Crippen LogP contribution in [0.2, 0.25) is 0 Å². The minimum Gasteiger partial charge on any atom is -0.550 e. The van der Waals surface area contributed by atoms with Crippen molar-refractivity contribution in [2.24, 2.45) is 0 Å². The highest BCUT2D eigenvalue weighted by atomic mass is 16.6. The average molecular weight is 278 g/mol. The topological polar surface area (TPSA) is 69.7 Å². The normalized spacial score (nSPS) is 10.9. The van der Waals surface area contributed by atoms with Crippen LogP contribution in [0, 0.1) is 0 Å². The maximum atomic E-state index is 12.1. The zero-order chi connectivity index (χ0) is 15.2. The largest absolute Gasteiger partial charge is 0.550 e. The molecule has 0 radical (unpaired) electrons. The smallest absolute Gasteiger partial charge is 0.410 e. The first-order valence-corrected chi connectivity index (χ1v) is 6.49. The van der Waals surface area contributed by atoms with Crippen LogP contribution in [0.1, 0.15) is 32.8 Å². The van der Waals surface area contributed by atoms with Crippen molar-refractivity contribution in [2.45, 2.75) is 39.3 Å². The van der Waals surface area contributed by atoms with Gasteiger partial charge in [-0.15, -0.1) is 0 Å². The lowest BCUT2D eigenvalue weighted by Crippen LogP contribution is -2.39. The number of ether oxygens (including phenoxy) is 1. The molecule has 0 saturated carbocycles. The van der Waals surface area contributed by atoms with Crippen molar-refractivity contribution in [3.63, 3.8) is 0 Å².